The molecule has 0 nitrogen and oxygen atoms in total. The molecule has 0 amide bonds. The minimum Gasteiger partial charge on any atom is -0.0622 e. The van der Waals surface area contributed by atoms with Gasteiger partial charge in [-0.2, -0.15) is 0 Å². The number of halogens is 1. The lowest BCUT2D eigenvalue weighted by molar-refractivity contribution is 1.66. The van der Waals surface area contributed by atoms with Crippen LogP contribution in [0, 0.1) is 0 Å². The molecule has 0 bridgehead atoms. The molecule has 0 aliphatic rings. The molecule has 0 aliphatic heterocycles. The third-order valence-electron chi connectivity index (χ3n) is 1.27. The second-order valence-corrected chi connectivity index (χ2v) is 2.62. The second kappa shape index (κ2) is 4.91. The monoisotopic (exact) mass is 208 g/mol. The molecule has 1 aromatic rings. The molecule has 1 heteroatoms. The van der Waals surface area contributed by atoms with Crippen molar-refractivity contribution in [1.29, 1.82) is 0 Å². The van der Waals surface area contributed by atoms with E-state index in [1.165, 1.54) is 5.56 Å². The van der Waals surface area contributed by atoms with E-state index in [-0.39, 0.29) is 0 Å². The number of hydrogen-bond donors (Lipinski definition) is 0. The Morgan fingerprint density at radius 3 is 2.36 bits per heavy atom. The molecule has 0 aliphatic carbocycles. The third kappa shape index (κ3) is 3.19. The largest absolute Gasteiger partial charge is 0.0622 e. The topological polar surface area (TPSA) is 0 Å². The summed E-state index contributed by atoms with van der Waals surface area (Å²) in [7, 11) is 0. The van der Waals surface area contributed by atoms with Crippen molar-refractivity contribution < 1.29 is 0 Å². The number of benzene rings is 1. The Bertz CT molecular complexity index is 247. The molecule has 0 atom stereocenters. The summed E-state index contributed by atoms with van der Waals surface area (Å²) in [5.74, 6) is 0. The van der Waals surface area contributed by atoms with Crippen LogP contribution >= 0.6 is 15.9 Å². The molecule has 0 radical (unpaired) electrons. The molecule has 0 fully saturated rings. The van der Waals surface area contributed by atoms with E-state index >= 15 is 0 Å². The fraction of sp³-hybridized carbons (Fsp3) is 0. The van der Waals surface area contributed by atoms with E-state index in [9.17, 15) is 0 Å². The summed E-state index contributed by atoms with van der Waals surface area (Å²) in [5, 5.41) is 0. The SMILES string of the molecule is Br/C=C/C=C\c1ccccc1. The molecule has 1 rings (SSSR count). The van der Waals surface area contributed by atoms with Gasteiger partial charge in [0.1, 0.15) is 0 Å². The lowest BCUT2D eigenvalue weighted by Crippen LogP contribution is -1.65. The molecule has 0 saturated heterocycles. The summed E-state index contributed by atoms with van der Waals surface area (Å²) in [6.07, 6.45) is 5.98. The Kier molecular flexibility index (Phi) is 3.70. The Hall–Kier alpha value is -0.820. The van der Waals surface area contributed by atoms with Crippen molar-refractivity contribution >= 4 is 22.0 Å². The molecule has 0 saturated carbocycles. The maximum Gasteiger partial charge on any atom is -0.0189 e. The summed E-state index contributed by atoms with van der Waals surface area (Å²) in [6.45, 7) is 0. The van der Waals surface area contributed by atoms with Crippen LogP contribution in [0.4, 0.5) is 0 Å². The van der Waals surface area contributed by atoms with Gasteiger partial charge >= 0.3 is 0 Å². The van der Waals surface area contributed by atoms with E-state index in [1.54, 1.807) is 0 Å². The zero-order chi connectivity index (χ0) is 7.94. The zero-order valence-electron chi connectivity index (χ0n) is 6.07. The van der Waals surface area contributed by atoms with Crippen molar-refractivity contribution in [2.75, 3.05) is 0 Å². The zero-order valence-corrected chi connectivity index (χ0v) is 7.66. The van der Waals surface area contributed by atoms with Crippen LogP contribution in [0.2, 0.25) is 0 Å². The molecule has 0 heterocycles. The van der Waals surface area contributed by atoms with Crippen LogP contribution in [0.5, 0.6) is 0 Å². The fourth-order valence-corrected chi connectivity index (χ4v) is 0.949. The lowest BCUT2D eigenvalue weighted by atomic mass is 10.2. The van der Waals surface area contributed by atoms with Crippen LogP contribution in [0.3, 0.4) is 0 Å². The molecule has 11 heavy (non-hydrogen) atoms. The summed E-state index contributed by atoms with van der Waals surface area (Å²) >= 11 is 3.19. The van der Waals surface area contributed by atoms with Gasteiger partial charge in [-0.1, -0.05) is 64.5 Å². The molecule has 0 unspecified atom stereocenters. The van der Waals surface area contributed by atoms with Crippen LogP contribution in [0.25, 0.3) is 6.08 Å². The van der Waals surface area contributed by atoms with E-state index in [2.05, 4.69) is 34.1 Å². The van der Waals surface area contributed by atoms with Crippen molar-refractivity contribution in [3.05, 3.63) is 53.0 Å². The Morgan fingerprint density at radius 1 is 1.00 bits per heavy atom. The molecule has 56 valence electrons. The summed E-state index contributed by atoms with van der Waals surface area (Å²) in [5.41, 5.74) is 1.22. The summed E-state index contributed by atoms with van der Waals surface area (Å²) < 4.78 is 0. The molecule has 1 aromatic carbocycles. The normalized spacial score (nSPS) is 11.4. The van der Waals surface area contributed by atoms with Gasteiger partial charge < -0.3 is 0 Å². The van der Waals surface area contributed by atoms with E-state index in [0.717, 1.165) is 0 Å². The number of rotatable bonds is 2. The third-order valence-corrected chi connectivity index (χ3v) is 1.58. The quantitative estimate of drug-likeness (QED) is 0.652. The minimum atomic E-state index is 1.22. The number of allylic oxidation sites excluding steroid dienone is 2. The Morgan fingerprint density at radius 2 is 1.73 bits per heavy atom. The minimum absolute atomic E-state index is 1.22. The maximum absolute atomic E-state index is 3.19. The smallest absolute Gasteiger partial charge is 0.0189 e. The van der Waals surface area contributed by atoms with E-state index in [0.29, 0.717) is 0 Å². The van der Waals surface area contributed by atoms with Gasteiger partial charge in [0.25, 0.3) is 0 Å². The molecule has 0 N–H and O–H groups in total. The number of hydrogen-bond acceptors (Lipinski definition) is 0. The first kappa shape index (κ1) is 8.28. The predicted octanol–water partition coefficient (Wildman–Crippen LogP) is 3.61. The van der Waals surface area contributed by atoms with Crippen LogP contribution in [-0.4, -0.2) is 0 Å². The van der Waals surface area contributed by atoms with Gasteiger partial charge in [0.2, 0.25) is 0 Å². The Balaban J connectivity index is 2.64. The summed E-state index contributed by atoms with van der Waals surface area (Å²) in [6, 6.07) is 10.2. The highest BCUT2D eigenvalue weighted by Gasteiger charge is 1.78. The maximum atomic E-state index is 3.19. The highest BCUT2D eigenvalue weighted by atomic mass is 79.9. The molecular formula is C10H9Br. The van der Waals surface area contributed by atoms with Gasteiger partial charge in [0.05, 0.1) is 0 Å². The van der Waals surface area contributed by atoms with Crippen molar-refractivity contribution in [2.24, 2.45) is 0 Å². The van der Waals surface area contributed by atoms with E-state index < -0.39 is 0 Å². The van der Waals surface area contributed by atoms with Crippen molar-refractivity contribution in [2.45, 2.75) is 0 Å². The van der Waals surface area contributed by atoms with Gasteiger partial charge in [0, 0.05) is 0 Å². The van der Waals surface area contributed by atoms with Crippen LogP contribution in [-0.2, 0) is 0 Å². The van der Waals surface area contributed by atoms with Gasteiger partial charge in [-0.3, -0.25) is 0 Å². The molecule has 0 spiro atoms. The fourth-order valence-electron chi connectivity index (χ4n) is 0.773. The average molecular weight is 209 g/mol. The first-order chi connectivity index (χ1) is 5.43. The van der Waals surface area contributed by atoms with Crippen LogP contribution in [0.1, 0.15) is 5.56 Å². The first-order valence-electron chi connectivity index (χ1n) is 3.42. The summed E-state index contributed by atoms with van der Waals surface area (Å²) in [4.78, 5) is 1.83. The van der Waals surface area contributed by atoms with E-state index in [4.69, 9.17) is 0 Å². The molecule has 0 aromatic heterocycles. The first-order valence-corrected chi connectivity index (χ1v) is 4.33. The van der Waals surface area contributed by atoms with Gasteiger partial charge in [-0.05, 0) is 10.5 Å². The molecular weight excluding hydrogens is 200 g/mol. The highest BCUT2D eigenvalue weighted by molar-refractivity contribution is 9.11. The standard InChI is InChI=1S/C10H9Br/c11-9-5-4-8-10-6-2-1-3-7-10/h1-9H/b8-4-,9-5+. The van der Waals surface area contributed by atoms with Crippen molar-refractivity contribution in [3.8, 4) is 0 Å². The van der Waals surface area contributed by atoms with Gasteiger partial charge in [0.15, 0.2) is 0 Å². The van der Waals surface area contributed by atoms with Crippen molar-refractivity contribution in [3.63, 3.8) is 0 Å². The highest BCUT2D eigenvalue weighted by Crippen LogP contribution is 2.00. The van der Waals surface area contributed by atoms with Gasteiger partial charge in [-0.15, -0.1) is 0 Å². The average Bonchev–Trinajstić information content (AvgIpc) is 2.07. The van der Waals surface area contributed by atoms with Crippen LogP contribution < -0.4 is 0 Å². The van der Waals surface area contributed by atoms with Crippen LogP contribution in [0.15, 0.2) is 47.5 Å². The second-order valence-electron chi connectivity index (χ2n) is 2.09. The van der Waals surface area contributed by atoms with Gasteiger partial charge in [-0.25, -0.2) is 0 Å². The van der Waals surface area contributed by atoms with Crippen molar-refractivity contribution in [1.82, 2.24) is 0 Å². The predicted molar refractivity (Wildman–Crippen MR) is 53.5 cm³/mol. The lowest BCUT2D eigenvalue weighted by Gasteiger charge is -1.87. The van der Waals surface area contributed by atoms with E-state index in [1.807, 2.05) is 35.3 Å². The Labute approximate surface area is 75.4 Å².